The molecular weight excluding hydrogens is 338 g/mol. The molecule has 0 unspecified atom stereocenters. The third kappa shape index (κ3) is 2.32. The van der Waals surface area contributed by atoms with Crippen LogP contribution in [0.5, 0.6) is 0 Å². The van der Waals surface area contributed by atoms with Crippen LogP contribution in [0.2, 0.25) is 0 Å². The fraction of sp³-hybridized carbons (Fsp3) is 0.0500. The summed E-state index contributed by atoms with van der Waals surface area (Å²) in [5.74, 6) is 0.465. The Kier molecular flexibility index (Phi) is 3.17. The minimum Gasteiger partial charge on any atom is -0.399 e. The molecule has 0 saturated carbocycles. The number of hydrogen-bond donors (Lipinski definition) is 2. The van der Waals surface area contributed by atoms with Gasteiger partial charge in [0.2, 0.25) is 0 Å². The summed E-state index contributed by atoms with van der Waals surface area (Å²) >= 11 is 0. The lowest BCUT2D eigenvalue weighted by molar-refractivity contribution is 0.835. The Hall–Kier alpha value is -3.87. The maximum atomic E-state index is 6.17. The Morgan fingerprint density at radius 1 is 1.04 bits per heavy atom. The second-order valence-corrected chi connectivity index (χ2v) is 6.52. The standard InChI is InChI=1S/C20H17N7/c1-26-11-15(14-4-2-3-5-18(14)26)17-6-7-23-20(25-17)27-19-12(10-24-27)8-13(21)9-16(19)22/h2-11H,21-22H2,1H3. The summed E-state index contributed by atoms with van der Waals surface area (Å²) in [6.07, 6.45) is 5.53. The molecule has 3 heterocycles. The normalized spacial score (nSPS) is 11.4. The summed E-state index contributed by atoms with van der Waals surface area (Å²) < 4.78 is 3.75. The molecule has 0 aliphatic rings. The van der Waals surface area contributed by atoms with E-state index in [1.54, 1.807) is 23.1 Å². The van der Waals surface area contributed by atoms with Crippen LogP contribution >= 0.6 is 0 Å². The van der Waals surface area contributed by atoms with Crippen molar-refractivity contribution in [2.75, 3.05) is 11.5 Å². The number of hydrogen-bond acceptors (Lipinski definition) is 5. The first-order valence-electron chi connectivity index (χ1n) is 8.52. The molecule has 7 heteroatoms. The molecule has 5 rings (SSSR count). The van der Waals surface area contributed by atoms with Gasteiger partial charge in [-0.3, -0.25) is 0 Å². The lowest BCUT2D eigenvalue weighted by Crippen LogP contribution is -2.05. The maximum Gasteiger partial charge on any atom is 0.251 e. The third-order valence-corrected chi connectivity index (χ3v) is 4.72. The van der Waals surface area contributed by atoms with Crippen molar-refractivity contribution in [3.63, 3.8) is 0 Å². The van der Waals surface area contributed by atoms with Gasteiger partial charge >= 0.3 is 0 Å². The van der Waals surface area contributed by atoms with Crippen LogP contribution in [0.15, 0.2) is 61.1 Å². The lowest BCUT2D eigenvalue weighted by atomic mass is 10.1. The van der Waals surface area contributed by atoms with Gasteiger partial charge in [0.15, 0.2) is 0 Å². The minimum absolute atomic E-state index is 0.465. The summed E-state index contributed by atoms with van der Waals surface area (Å²) in [7, 11) is 2.03. The van der Waals surface area contributed by atoms with E-state index in [2.05, 4.69) is 33.0 Å². The second kappa shape index (κ2) is 5.57. The Balaban J connectivity index is 1.71. The smallest absolute Gasteiger partial charge is 0.251 e. The number of nitrogens with two attached hydrogens (primary N) is 2. The first-order chi connectivity index (χ1) is 13.1. The molecular formula is C20H17N7. The average Bonchev–Trinajstić information content (AvgIpc) is 3.24. The van der Waals surface area contributed by atoms with Crippen molar-refractivity contribution in [2.24, 2.45) is 7.05 Å². The molecule has 0 amide bonds. The summed E-state index contributed by atoms with van der Waals surface area (Å²) in [5.41, 5.74) is 17.0. The molecule has 0 radical (unpaired) electrons. The highest BCUT2D eigenvalue weighted by Crippen LogP contribution is 2.30. The summed E-state index contributed by atoms with van der Waals surface area (Å²) in [6, 6.07) is 13.7. The molecule has 7 nitrogen and oxygen atoms in total. The van der Waals surface area contributed by atoms with Crippen LogP contribution in [-0.2, 0) is 7.05 Å². The lowest BCUT2D eigenvalue weighted by Gasteiger charge is -2.06. The number of para-hydroxylation sites is 1. The van der Waals surface area contributed by atoms with Crippen molar-refractivity contribution in [3.05, 3.63) is 61.1 Å². The van der Waals surface area contributed by atoms with Gasteiger partial charge in [0, 0.05) is 47.0 Å². The molecule has 3 aromatic heterocycles. The fourth-order valence-electron chi connectivity index (χ4n) is 3.52. The zero-order valence-corrected chi connectivity index (χ0v) is 14.7. The van der Waals surface area contributed by atoms with Crippen molar-refractivity contribution in [3.8, 4) is 17.2 Å². The van der Waals surface area contributed by atoms with Crippen molar-refractivity contribution in [1.29, 1.82) is 0 Å². The van der Waals surface area contributed by atoms with Crippen LogP contribution in [0, 0.1) is 0 Å². The molecule has 27 heavy (non-hydrogen) atoms. The number of aryl methyl sites for hydroxylation is 1. The van der Waals surface area contributed by atoms with Gasteiger partial charge in [-0.05, 0) is 24.3 Å². The molecule has 0 aliphatic carbocycles. The number of nitrogen functional groups attached to an aromatic ring is 2. The summed E-state index contributed by atoms with van der Waals surface area (Å²) in [6.45, 7) is 0. The van der Waals surface area contributed by atoms with E-state index in [1.807, 2.05) is 31.3 Å². The van der Waals surface area contributed by atoms with Crippen molar-refractivity contribution in [2.45, 2.75) is 0 Å². The summed E-state index contributed by atoms with van der Waals surface area (Å²) in [5, 5.41) is 6.42. The Morgan fingerprint density at radius 3 is 2.78 bits per heavy atom. The van der Waals surface area contributed by atoms with E-state index < -0.39 is 0 Å². The number of nitrogens with zero attached hydrogens (tertiary/aromatic N) is 5. The van der Waals surface area contributed by atoms with Gasteiger partial charge in [0.05, 0.1) is 17.6 Å². The van der Waals surface area contributed by atoms with Crippen molar-refractivity contribution >= 4 is 33.2 Å². The van der Waals surface area contributed by atoms with E-state index in [-0.39, 0.29) is 0 Å². The van der Waals surface area contributed by atoms with Crippen LogP contribution in [-0.4, -0.2) is 24.3 Å². The SMILES string of the molecule is Cn1cc(-c2ccnc(-n3ncc4cc(N)cc(N)c43)n2)c2ccccc21. The average molecular weight is 355 g/mol. The highest BCUT2D eigenvalue weighted by molar-refractivity contribution is 5.95. The number of fused-ring (bicyclic) bond motifs is 2. The molecule has 0 aliphatic heterocycles. The number of rotatable bonds is 2. The van der Waals surface area contributed by atoms with Gasteiger partial charge in [-0.15, -0.1) is 0 Å². The van der Waals surface area contributed by atoms with Crippen LogP contribution in [0.25, 0.3) is 39.0 Å². The van der Waals surface area contributed by atoms with Gasteiger partial charge in [0.25, 0.3) is 5.95 Å². The number of aromatic nitrogens is 5. The highest BCUT2D eigenvalue weighted by Gasteiger charge is 2.14. The Morgan fingerprint density at radius 2 is 1.89 bits per heavy atom. The van der Waals surface area contributed by atoms with E-state index in [1.165, 1.54) is 0 Å². The van der Waals surface area contributed by atoms with Crippen molar-refractivity contribution < 1.29 is 0 Å². The Labute approximate surface area is 154 Å². The van der Waals surface area contributed by atoms with Crippen LogP contribution < -0.4 is 11.5 Å². The second-order valence-electron chi connectivity index (χ2n) is 6.52. The van der Waals surface area contributed by atoms with E-state index in [4.69, 9.17) is 16.5 Å². The third-order valence-electron chi connectivity index (χ3n) is 4.72. The number of benzene rings is 2. The first-order valence-corrected chi connectivity index (χ1v) is 8.52. The zero-order valence-electron chi connectivity index (χ0n) is 14.7. The quantitative estimate of drug-likeness (QED) is 0.474. The van der Waals surface area contributed by atoms with Gasteiger partial charge in [-0.25, -0.2) is 9.97 Å². The van der Waals surface area contributed by atoms with E-state index >= 15 is 0 Å². The predicted molar refractivity (Wildman–Crippen MR) is 107 cm³/mol. The van der Waals surface area contributed by atoms with Crippen LogP contribution in [0.4, 0.5) is 11.4 Å². The van der Waals surface area contributed by atoms with Crippen LogP contribution in [0.1, 0.15) is 0 Å². The molecule has 0 fully saturated rings. The molecule has 2 aromatic carbocycles. The van der Waals surface area contributed by atoms with E-state index in [9.17, 15) is 0 Å². The van der Waals surface area contributed by atoms with E-state index in [0.29, 0.717) is 17.3 Å². The zero-order chi connectivity index (χ0) is 18.5. The maximum absolute atomic E-state index is 6.17. The Bertz CT molecular complexity index is 1310. The van der Waals surface area contributed by atoms with Gasteiger partial charge in [0.1, 0.15) is 5.52 Å². The topological polar surface area (TPSA) is 101 Å². The molecule has 5 aromatic rings. The monoisotopic (exact) mass is 355 g/mol. The molecule has 0 atom stereocenters. The highest BCUT2D eigenvalue weighted by atomic mass is 15.3. The van der Waals surface area contributed by atoms with Gasteiger partial charge < -0.3 is 16.0 Å². The molecule has 4 N–H and O–H groups in total. The van der Waals surface area contributed by atoms with Crippen LogP contribution in [0.3, 0.4) is 0 Å². The number of anilines is 2. The molecule has 0 bridgehead atoms. The first kappa shape index (κ1) is 15.4. The largest absolute Gasteiger partial charge is 0.399 e. The molecule has 0 saturated heterocycles. The van der Waals surface area contributed by atoms with E-state index in [0.717, 1.165) is 33.1 Å². The minimum atomic E-state index is 0.465. The molecule has 132 valence electrons. The fourth-order valence-corrected chi connectivity index (χ4v) is 3.52. The molecule has 0 spiro atoms. The summed E-state index contributed by atoms with van der Waals surface area (Å²) in [4.78, 5) is 9.16. The van der Waals surface area contributed by atoms with Gasteiger partial charge in [-0.2, -0.15) is 9.78 Å². The van der Waals surface area contributed by atoms with Crippen molar-refractivity contribution in [1.82, 2.24) is 24.3 Å². The van der Waals surface area contributed by atoms with Gasteiger partial charge in [-0.1, -0.05) is 18.2 Å². The predicted octanol–water partition coefficient (Wildman–Crippen LogP) is 3.14.